The maximum atomic E-state index is 12.1. The third kappa shape index (κ3) is 4.12. The van der Waals surface area contributed by atoms with E-state index >= 15 is 0 Å². The number of aryl methyl sites for hydroxylation is 1. The van der Waals surface area contributed by atoms with Gasteiger partial charge < -0.3 is 20.1 Å². The van der Waals surface area contributed by atoms with Crippen LogP contribution in [0.5, 0.6) is 0 Å². The molecule has 0 unspecified atom stereocenters. The Labute approximate surface area is 146 Å². The van der Waals surface area contributed by atoms with Crippen LogP contribution in [0.2, 0.25) is 0 Å². The third-order valence-corrected chi connectivity index (χ3v) is 3.71. The molecule has 8 nitrogen and oxygen atoms in total. The van der Waals surface area contributed by atoms with Crippen molar-refractivity contribution in [3.63, 3.8) is 0 Å². The van der Waals surface area contributed by atoms with Gasteiger partial charge in [-0.05, 0) is 44.9 Å². The van der Waals surface area contributed by atoms with Crippen molar-refractivity contribution >= 4 is 23.4 Å². The van der Waals surface area contributed by atoms with Crippen LogP contribution in [0.3, 0.4) is 0 Å². The molecule has 1 aliphatic rings. The summed E-state index contributed by atoms with van der Waals surface area (Å²) in [5.41, 5.74) is 1.50. The molecule has 0 fully saturated rings. The lowest BCUT2D eigenvalue weighted by molar-refractivity contribution is -0.136. The molecule has 1 heterocycles. The number of alkyl carbamates (subject to hydrolysis) is 1. The minimum Gasteiger partial charge on any atom is -0.481 e. The average molecular weight is 346 g/mol. The van der Waals surface area contributed by atoms with Crippen LogP contribution in [0.1, 0.15) is 32.8 Å². The molecule has 8 heteroatoms. The fraction of sp³-hybridized carbons (Fsp3) is 0.471. The van der Waals surface area contributed by atoms with Crippen molar-refractivity contribution in [2.24, 2.45) is 0 Å². The largest absolute Gasteiger partial charge is 0.481 e. The van der Waals surface area contributed by atoms with Crippen LogP contribution in [0.15, 0.2) is 18.2 Å². The zero-order chi connectivity index (χ0) is 18.8. The second-order valence-corrected chi connectivity index (χ2v) is 6.88. The van der Waals surface area contributed by atoms with E-state index in [0.717, 1.165) is 11.3 Å². The van der Waals surface area contributed by atoms with Crippen LogP contribution >= 0.6 is 0 Å². The average Bonchev–Trinajstić information content (AvgIpc) is 2.75. The molecule has 1 aliphatic heterocycles. The normalized spacial score (nSPS) is 18.8. The summed E-state index contributed by atoms with van der Waals surface area (Å²) in [6.07, 6.45) is -0.311. The number of amides is 1. The fourth-order valence-electron chi connectivity index (χ4n) is 2.54. The topological polar surface area (TPSA) is 115 Å². The van der Waals surface area contributed by atoms with E-state index in [-0.39, 0.29) is 6.42 Å². The molecular weight excluding hydrogens is 324 g/mol. The second kappa shape index (κ2) is 6.51. The Hall–Kier alpha value is -2.95. The second-order valence-electron chi connectivity index (χ2n) is 6.88. The van der Waals surface area contributed by atoms with E-state index in [4.69, 9.17) is 9.84 Å². The Bertz CT molecular complexity index is 735. The number of hydrogen-bond acceptors (Lipinski definition) is 6. The van der Waals surface area contributed by atoms with E-state index in [2.05, 4.69) is 16.7 Å². The number of carboxylic acids is 1. The molecule has 0 aliphatic carbocycles. The van der Waals surface area contributed by atoms with Gasteiger partial charge in [-0.15, -0.1) is 0 Å². The number of carbonyl (C=O) groups is 2. The van der Waals surface area contributed by atoms with Gasteiger partial charge >= 0.3 is 12.1 Å². The highest BCUT2D eigenvalue weighted by atomic mass is 16.6. The van der Waals surface area contributed by atoms with Crippen LogP contribution < -0.4 is 15.5 Å². The Morgan fingerprint density at radius 1 is 1.44 bits per heavy atom. The van der Waals surface area contributed by atoms with Gasteiger partial charge in [-0.25, -0.2) is 4.79 Å². The number of hydrogen-bond donors (Lipinski definition) is 3. The number of nitriles is 1. The maximum absolute atomic E-state index is 12.1. The van der Waals surface area contributed by atoms with Crippen LogP contribution in [-0.4, -0.2) is 35.6 Å². The molecule has 1 aromatic carbocycles. The molecule has 1 aromatic rings. The number of aliphatic carboxylic acids is 1. The van der Waals surface area contributed by atoms with E-state index < -0.39 is 23.5 Å². The van der Waals surface area contributed by atoms with Gasteiger partial charge in [0.15, 0.2) is 0 Å². The molecule has 0 saturated heterocycles. The maximum Gasteiger partial charge on any atom is 0.411 e. The van der Waals surface area contributed by atoms with E-state index in [0.29, 0.717) is 12.1 Å². The van der Waals surface area contributed by atoms with Crippen molar-refractivity contribution in [3.05, 3.63) is 23.8 Å². The molecule has 1 amide bonds. The molecule has 3 N–H and O–H groups in total. The van der Waals surface area contributed by atoms with E-state index in [9.17, 15) is 14.9 Å². The third-order valence-electron chi connectivity index (χ3n) is 3.71. The molecule has 0 bridgehead atoms. The first kappa shape index (κ1) is 18.4. The summed E-state index contributed by atoms with van der Waals surface area (Å²) in [7, 11) is 1.68. The lowest BCUT2D eigenvalue weighted by atomic mass is 10.1. The minimum absolute atomic E-state index is 0.0220. The Morgan fingerprint density at radius 2 is 2.12 bits per heavy atom. The molecular formula is C17H22N4O4. The Morgan fingerprint density at radius 3 is 2.68 bits per heavy atom. The molecule has 0 aromatic heterocycles. The minimum atomic E-state index is -1.48. The van der Waals surface area contributed by atoms with Gasteiger partial charge in [0.1, 0.15) is 11.7 Å². The van der Waals surface area contributed by atoms with Crippen LogP contribution in [-0.2, 0) is 16.0 Å². The highest BCUT2D eigenvalue weighted by Crippen LogP contribution is 2.38. The Kier molecular flexibility index (Phi) is 4.79. The summed E-state index contributed by atoms with van der Waals surface area (Å²) in [5.74, 6) is -2.35. The molecule has 1 atom stereocenters. The van der Waals surface area contributed by atoms with Gasteiger partial charge in [-0.2, -0.15) is 5.26 Å². The number of ether oxygens (including phenoxy) is 1. The molecule has 0 saturated carbocycles. The number of nitrogens with one attached hydrogen (secondary N) is 2. The molecule has 0 spiro atoms. The van der Waals surface area contributed by atoms with Gasteiger partial charge in [0.25, 0.3) is 5.79 Å². The number of nitrogens with zero attached hydrogens (tertiary/aromatic N) is 2. The van der Waals surface area contributed by atoms with Crippen LogP contribution in [0.4, 0.5) is 16.2 Å². The number of anilines is 2. The van der Waals surface area contributed by atoms with Gasteiger partial charge in [0.05, 0.1) is 11.4 Å². The van der Waals surface area contributed by atoms with Crippen molar-refractivity contribution in [2.45, 2.75) is 45.0 Å². The first-order valence-electron chi connectivity index (χ1n) is 7.85. The molecule has 134 valence electrons. The lowest BCUT2D eigenvalue weighted by Crippen LogP contribution is -2.61. The van der Waals surface area contributed by atoms with Gasteiger partial charge in [0, 0.05) is 13.5 Å². The number of benzene rings is 1. The summed E-state index contributed by atoms with van der Waals surface area (Å²) in [5, 5.41) is 24.0. The van der Waals surface area contributed by atoms with Crippen LogP contribution in [0, 0.1) is 11.3 Å². The van der Waals surface area contributed by atoms with E-state index in [1.807, 2.05) is 0 Å². The molecule has 0 radical (unpaired) electrons. The summed E-state index contributed by atoms with van der Waals surface area (Å²) in [6.45, 7) is 5.21. The summed E-state index contributed by atoms with van der Waals surface area (Å²) in [4.78, 5) is 24.4. The summed E-state index contributed by atoms with van der Waals surface area (Å²) >= 11 is 0. The standard InChI is InChI=1S/C17H22N4O4/c1-16(2,3)25-15(24)20-17(10-18)19-12-9-11(6-8-14(22)23)5-7-13(12)21(17)4/h5,7,9,19H,6,8H2,1-4H3,(H,20,24)(H,22,23)/t17-/m0/s1. The van der Waals surface area contributed by atoms with Crippen molar-refractivity contribution in [3.8, 4) is 6.07 Å². The van der Waals surface area contributed by atoms with Crippen molar-refractivity contribution < 1.29 is 19.4 Å². The highest BCUT2D eigenvalue weighted by Gasteiger charge is 2.44. The molecule has 25 heavy (non-hydrogen) atoms. The lowest BCUT2D eigenvalue weighted by Gasteiger charge is -2.32. The fourth-order valence-corrected chi connectivity index (χ4v) is 2.54. The zero-order valence-electron chi connectivity index (χ0n) is 14.7. The van der Waals surface area contributed by atoms with Crippen molar-refractivity contribution in [2.75, 3.05) is 17.3 Å². The smallest absolute Gasteiger partial charge is 0.411 e. The SMILES string of the molecule is CN1c2ccc(CCC(=O)O)cc2N[C@@]1(C#N)NC(=O)OC(C)(C)C. The quantitative estimate of drug-likeness (QED) is 0.766. The first-order chi connectivity index (χ1) is 11.6. The predicted molar refractivity (Wildman–Crippen MR) is 92.1 cm³/mol. The van der Waals surface area contributed by atoms with Crippen molar-refractivity contribution in [1.29, 1.82) is 5.26 Å². The highest BCUT2D eigenvalue weighted by molar-refractivity contribution is 5.82. The number of carboxylic acid groups (broad SMARTS) is 1. The molecule has 2 rings (SSSR count). The van der Waals surface area contributed by atoms with Crippen molar-refractivity contribution in [1.82, 2.24) is 5.32 Å². The van der Waals surface area contributed by atoms with E-state index in [1.165, 1.54) is 0 Å². The summed E-state index contributed by atoms with van der Waals surface area (Å²) in [6, 6.07) is 7.45. The number of fused-ring (bicyclic) bond motifs is 1. The van der Waals surface area contributed by atoms with Gasteiger partial charge in [0.2, 0.25) is 0 Å². The number of carbonyl (C=O) groups excluding carboxylic acids is 1. The first-order valence-corrected chi connectivity index (χ1v) is 7.85. The van der Waals surface area contributed by atoms with E-state index in [1.54, 1.807) is 50.9 Å². The Balaban J connectivity index is 2.21. The van der Waals surface area contributed by atoms with Gasteiger partial charge in [-0.1, -0.05) is 6.07 Å². The van der Waals surface area contributed by atoms with Crippen LogP contribution in [0.25, 0.3) is 0 Å². The van der Waals surface area contributed by atoms with Gasteiger partial charge in [-0.3, -0.25) is 10.1 Å². The predicted octanol–water partition coefficient (Wildman–Crippen LogP) is 2.27. The summed E-state index contributed by atoms with van der Waals surface area (Å²) < 4.78 is 5.23. The zero-order valence-corrected chi connectivity index (χ0v) is 14.7. The monoisotopic (exact) mass is 346 g/mol. The number of rotatable bonds is 4.